The number of anilines is 2. The first-order chi connectivity index (χ1) is 16.4. The van der Waals surface area contributed by atoms with Gasteiger partial charge in [0.05, 0.1) is 6.54 Å². The number of nitrogens with one attached hydrogen (secondary N) is 1. The van der Waals surface area contributed by atoms with Crippen LogP contribution in [0.5, 0.6) is 0 Å². The quantitative estimate of drug-likeness (QED) is 0.651. The van der Waals surface area contributed by atoms with Gasteiger partial charge in [-0.25, -0.2) is 0 Å². The number of nitrogens with zero attached hydrogens (tertiary/aromatic N) is 3. The normalized spacial score (nSPS) is 15.7. The lowest BCUT2D eigenvalue weighted by molar-refractivity contribution is -0.135. The largest absolute Gasteiger partial charge is 0.368 e. The number of carbonyl (C=O) groups is 3. The predicted octanol–water partition coefficient (Wildman–Crippen LogP) is 3.54. The Bertz CT molecular complexity index is 1010. The number of carbonyl (C=O) groups excluding carboxylic acids is 3. The van der Waals surface area contributed by atoms with Gasteiger partial charge in [0.15, 0.2) is 0 Å². The van der Waals surface area contributed by atoms with Crippen LogP contribution in [0.1, 0.15) is 42.1 Å². The topological polar surface area (TPSA) is 73.0 Å². The molecule has 34 heavy (non-hydrogen) atoms. The summed E-state index contributed by atoms with van der Waals surface area (Å²) >= 11 is 0. The van der Waals surface area contributed by atoms with Crippen LogP contribution >= 0.6 is 0 Å². The highest BCUT2D eigenvalue weighted by atomic mass is 16.2. The predicted molar refractivity (Wildman–Crippen MR) is 134 cm³/mol. The van der Waals surface area contributed by atoms with Gasteiger partial charge in [0.25, 0.3) is 5.91 Å². The molecular formula is C27H34N4O3. The van der Waals surface area contributed by atoms with E-state index >= 15 is 0 Å². The highest BCUT2D eigenvalue weighted by molar-refractivity contribution is 5.95. The molecule has 180 valence electrons. The second kappa shape index (κ2) is 10.7. The summed E-state index contributed by atoms with van der Waals surface area (Å²) in [6.45, 7) is 7.61. The fraction of sp³-hybridized carbons (Fsp3) is 0.444. The molecule has 1 aliphatic carbocycles. The van der Waals surface area contributed by atoms with E-state index in [1.54, 1.807) is 4.90 Å². The van der Waals surface area contributed by atoms with Gasteiger partial charge in [-0.1, -0.05) is 24.6 Å². The zero-order valence-corrected chi connectivity index (χ0v) is 20.1. The molecule has 0 atom stereocenters. The summed E-state index contributed by atoms with van der Waals surface area (Å²) < 4.78 is 0. The molecule has 1 saturated carbocycles. The van der Waals surface area contributed by atoms with Crippen molar-refractivity contribution in [3.8, 4) is 0 Å². The standard InChI is InChI=1S/C27H34N4O3/c1-3-14-31(27(34)22-8-9-22)19-25(32)28-23-10-12-24(13-11-23)29-15-17-30(18-16-29)26(33)21-6-4-20(2)5-7-21/h4-7,10-13,22H,3,8-9,14-19H2,1-2H3,(H,28,32). The SMILES string of the molecule is CCCN(CC(=O)Nc1ccc(N2CCN(C(=O)c3ccc(C)cc3)CC2)cc1)C(=O)C1CC1. The third-order valence-electron chi connectivity index (χ3n) is 6.45. The summed E-state index contributed by atoms with van der Waals surface area (Å²) in [5.41, 5.74) is 3.66. The van der Waals surface area contributed by atoms with Gasteiger partial charge in [0, 0.05) is 55.6 Å². The van der Waals surface area contributed by atoms with Crippen molar-refractivity contribution in [2.24, 2.45) is 5.92 Å². The molecule has 0 bridgehead atoms. The Morgan fingerprint density at radius 2 is 1.59 bits per heavy atom. The highest BCUT2D eigenvalue weighted by Gasteiger charge is 2.33. The van der Waals surface area contributed by atoms with Gasteiger partial charge in [0.2, 0.25) is 11.8 Å². The summed E-state index contributed by atoms with van der Waals surface area (Å²) in [6.07, 6.45) is 2.72. The minimum absolute atomic E-state index is 0.0787. The summed E-state index contributed by atoms with van der Waals surface area (Å²) in [7, 11) is 0. The van der Waals surface area contributed by atoms with E-state index in [-0.39, 0.29) is 30.2 Å². The van der Waals surface area contributed by atoms with E-state index in [0.717, 1.165) is 54.9 Å². The van der Waals surface area contributed by atoms with E-state index in [2.05, 4.69) is 10.2 Å². The Morgan fingerprint density at radius 1 is 0.941 bits per heavy atom. The number of hydrogen-bond donors (Lipinski definition) is 1. The van der Waals surface area contributed by atoms with E-state index < -0.39 is 0 Å². The van der Waals surface area contributed by atoms with Crippen LogP contribution < -0.4 is 10.2 Å². The zero-order chi connectivity index (χ0) is 24.1. The molecule has 1 aliphatic heterocycles. The minimum atomic E-state index is -0.168. The second-order valence-electron chi connectivity index (χ2n) is 9.27. The Kier molecular flexibility index (Phi) is 7.50. The number of piperazine rings is 1. The van der Waals surface area contributed by atoms with Gasteiger partial charge in [-0.05, 0) is 62.6 Å². The van der Waals surface area contributed by atoms with E-state index in [1.165, 1.54) is 0 Å². The lowest BCUT2D eigenvalue weighted by Crippen LogP contribution is -2.48. The van der Waals surface area contributed by atoms with Gasteiger partial charge in [-0.15, -0.1) is 0 Å². The molecule has 1 N–H and O–H groups in total. The average molecular weight is 463 g/mol. The van der Waals surface area contributed by atoms with Crippen LogP contribution in [0, 0.1) is 12.8 Å². The molecule has 2 aliphatic rings. The minimum Gasteiger partial charge on any atom is -0.368 e. The van der Waals surface area contributed by atoms with E-state index in [9.17, 15) is 14.4 Å². The molecular weight excluding hydrogens is 428 g/mol. The van der Waals surface area contributed by atoms with Crippen LogP contribution in [-0.4, -0.2) is 66.8 Å². The smallest absolute Gasteiger partial charge is 0.253 e. The summed E-state index contributed by atoms with van der Waals surface area (Å²) in [5.74, 6) is 0.132. The number of benzene rings is 2. The molecule has 0 aromatic heterocycles. The van der Waals surface area contributed by atoms with Crippen molar-refractivity contribution in [2.45, 2.75) is 33.1 Å². The van der Waals surface area contributed by atoms with Gasteiger partial charge in [0.1, 0.15) is 0 Å². The van der Waals surface area contributed by atoms with Crippen molar-refractivity contribution in [3.63, 3.8) is 0 Å². The van der Waals surface area contributed by atoms with Gasteiger partial charge in [-0.3, -0.25) is 14.4 Å². The third-order valence-corrected chi connectivity index (χ3v) is 6.45. The maximum atomic E-state index is 12.7. The maximum absolute atomic E-state index is 12.7. The van der Waals surface area contributed by atoms with Crippen LogP contribution in [0.15, 0.2) is 48.5 Å². The third kappa shape index (κ3) is 5.95. The van der Waals surface area contributed by atoms with Crippen LogP contribution in [0.3, 0.4) is 0 Å². The second-order valence-corrected chi connectivity index (χ2v) is 9.27. The molecule has 3 amide bonds. The Morgan fingerprint density at radius 3 is 2.18 bits per heavy atom. The fourth-order valence-electron chi connectivity index (χ4n) is 4.30. The Hall–Kier alpha value is -3.35. The van der Waals surface area contributed by atoms with E-state index in [0.29, 0.717) is 19.6 Å². The number of rotatable bonds is 8. The van der Waals surface area contributed by atoms with Crippen molar-refractivity contribution in [1.29, 1.82) is 0 Å². The van der Waals surface area contributed by atoms with Gasteiger partial charge in [-0.2, -0.15) is 0 Å². The molecule has 0 spiro atoms. The maximum Gasteiger partial charge on any atom is 0.253 e. The number of hydrogen-bond acceptors (Lipinski definition) is 4. The van der Waals surface area contributed by atoms with Crippen LogP contribution in [-0.2, 0) is 9.59 Å². The van der Waals surface area contributed by atoms with Gasteiger partial charge < -0.3 is 20.0 Å². The van der Waals surface area contributed by atoms with Crippen LogP contribution in [0.25, 0.3) is 0 Å². The molecule has 2 aromatic carbocycles. The highest BCUT2D eigenvalue weighted by Crippen LogP contribution is 2.31. The van der Waals surface area contributed by atoms with E-state index in [4.69, 9.17) is 0 Å². The first kappa shape index (κ1) is 23.8. The van der Waals surface area contributed by atoms with Crippen LogP contribution in [0.2, 0.25) is 0 Å². The number of amides is 3. The number of aryl methyl sites for hydroxylation is 1. The van der Waals surface area contributed by atoms with Gasteiger partial charge >= 0.3 is 0 Å². The van der Waals surface area contributed by atoms with Crippen molar-refractivity contribution < 1.29 is 14.4 Å². The Balaban J connectivity index is 1.27. The monoisotopic (exact) mass is 462 g/mol. The molecule has 0 unspecified atom stereocenters. The summed E-state index contributed by atoms with van der Waals surface area (Å²) in [5, 5.41) is 2.92. The molecule has 7 heteroatoms. The van der Waals surface area contributed by atoms with Crippen molar-refractivity contribution >= 4 is 29.1 Å². The molecule has 1 saturated heterocycles. The summed E-state index contributed by atoms with van der Waals surface area (Å²) in [6, 6.07) is 15.5. The molecule has 4 rings (SSSR count). The molecule has 2 fully saturated rings. The first-order valence-electron chi connectivity index (χ1n) is 12.2. The van der Waals surface area contributed by atoms with E-state index in [1.807, 2.05) is 67.3 Å². The van der Waals surface area contributed by atoms with Crippen molar-refractivity contribution in [2.75, 3.05) is 49.5 Å². The lowest BCUT2D eigenvalue weighted by Gasteiger charge is -2.36. The molecule has 1 heterocycles. The summed E-state index contributed by atoms with van der Waals surface area (Å²) in [4.78, 5) is 43.5. The molecule has 2 aromatic rings. The lowest BCUT2D eigenvalue weighted by atomic mass is 10.1. The first-order valence-corrected chi connectivity index (χ1v) is 12.2. The van der Waals surface area contributed by atoms with Crippen molar-refractivity contribution in [3.05, 3.63) is 59.7 Å². The fourth-order valence-corrected chi connectivity index (χ4v) is 4.30. The van der Waals surface area contributed by atoms with Crippen LogP contribution in [0.4, 0.5) is 11.4 Å². The average Bonchev–Trinajstić information content (AvgIpc) is 3.70. The van der Waals surface area contributed by atoms with Crippen molar-refractivity contribution in [1.82, 2.24) is 9.80 Å². The zero-order valence-electron chi connectivity index (χ0n) is 20.1. The molecule has 7 nitrogen and oxygen atoms in total. The Labute approximate surface area is 201 Å². The molecule has 0 radical (unpaired) electrons.